The SMILES string of the molecule is O=C(O)[C@@H]1CSC(c2ccc([N+](=O)[O-])cc2)N1C(=O)c1ccccc1. The van der Waals surface area contributed by atoms with Gasteiger partial charge in [0.25, 0.3) is 11.6 Å². The predicted octanol–water partition coefficient (Wildman–Crippen LogP) is 2.94. The lowest BCUT2D eigenvalue weighted by molar-refractivity contribution is -0.384. The summed E-state index contributed by atoms with van der Waals surface area (Å²) >= 11 is 1.33. The molecule has 0 aliphatic carbocycles. The molecule has 1 fully saturated rings. The molecule has 2 atom stereocenters. The number of nitrogens with zero attached hydrogens (tertiary/aromatic N) is 2. The van der Waals surface area contributed by atoms with Crippen LogP contribution in [-0.2, 0) is 4.79 Å². The first-order valence-electron chi connectivity index (χ1n) is 7.45. The van der Waals surface area contributed by atoms with E-state index in [4.69, 9.17) is 0 Å². The van der Waals surface area contributed by atoms with Crippen molar-refractivity contribution < 1.29 is 19.6 Å². The summed E-state index contributed by atoms with van der Waals surface area (Å²) in [5.41, 5.74) is 1.01. The number of carbonyl (C=O) groups excluding carboxylic acids is 1. The summed E-state index contributed by atoms with van der Waals surface area (Å²) < 4.78 is 0. The normalized spacial score (nSPS) is 19.6. The van der Waals surface area contributed by atoms with E-state index >= 15 is 0 Å². The van der Waals surface area contributed by atoms with E-state index in [9.17, 15) is 24.8 Å². The number of hydrogen-bond acceptors (Lipinski definition) is 5. The summed E-state index contributed by atoms with van der Waals surface area (Å²) in [7, 11) is 0. The van der Waals surface area contributed by atoms with Crippen molar-refractivity contribution in [1.29, 1.82) is 0 Å². The summed E-state index contributed by atoms with van der Waals surface area (Å²) in [6, 6.07) is 13.4. The van der Waals surface area contributed by atoms with Crippen LogP contribution in [0.15, 0.2) is 54.6 Å². The van der Waals surface area contributed by atoms with Crippen molar-refractivity contribution in [1.82, 2.24) is 4.90 Å². The standard InChI is InChI=1S/C17H14N2O5S/c20-15(11-4-2-1-3-5-11)18-14(17(21)22)10-25-16(18)12-6-8-13(9-7-12)19(23)24/h1-9,14,16H,10H2,(H,21,22)/t14-,16?/m0/s1. The zero-order valence-corrected chi connectivity index (χ0v) is 13.8. The largest absolute Gasteiger partial charge is 0.480 e. The summed E-state index contributed by atoms with van der Waals surface area (Å²) in [6.45, 7) is 0. The Morgan fingerprint density at radius 3 is 2.32 bits per heavy atom. The highest BCUT2D eigenvalue weighted by atomic mass is 32.2. The Bertz CT molecular complexity index is 810. The van der Waals surface area contributed by atoms with E-state index in [1.54, 1.807) is 42.5 Å². The Morgan fingerprint density at radius 1 is 1.12 bits per heavy atom. The maximum Gasteiger partial charge on any atom is 0.327 e. The van der Waals surface area contributed by atoms with Crippen LogP contribution >= 0.6 is 11.8 Å². The molecule has 2 aromatic rings. The molecule has 1 N–H and O–H groups in total. The van der Waals surface area contributed by atoms with E-state index in [0.717, 1.165) is 0 Å². The number of hydrogen-bond donors (Lipinski definition) is 1. The molecule has 1 aliphatic heterocycles. The molecule has 3 rings (SSSR count). The number of nitro groups is 1. The first-order valence-corrected chi connectivity index (χ1v) is 8.50. The third kappa shape index (κ3) is 3.34. The molecule has 8 heteroatoms. The molecule has 1 amide bonds. The highest BCUT2D eigenvalue weighted by Crippen LogP contribution is 2.42. The van der Waals surface area contributed by atoms with Gasteiger partial charge >= 0.3 is 5.97 Å². The van der Waals surface area contributed by atoms with E-state index in [0.29, 0.717) is 11.1 Å². The van der Waals surface area contributed by atoms with Crippen LogP contribution in [0.25, 0.3) is 0 Å². The Balaban J connectivity index is 1.95. The Morgan fingerprint density at radius 2 is 1.76 bits per heavy atom. The minimum absolute atomic E-state index is 0.0533. The molecule has 128 valence electrons. The van der Waals surface area contributed by atoms with Gasteiger partial charge in [-0.3, -0.25) is 14.9 Å². The maximum absolute atomic E-state index is 12.9. The van der Waals surface area contributed by atoms with Crippen LogP contribution in [0.1, 0.15) is 21.3 Å². The zero-order chi connectivity index (χ0) is 18.0. The van der Waals surface area contributed by atoms with Crippen molar-refractivity contribution in [2.75, 3.05) is 5.75 Å². The summed E-state index contributed by atoms with van der Waals surface area (Å²) in [5, 5.41) is 19.8. The number of nitro benzene ring substituents is 1. The lowest BCUT2D eigenvalue weighted by atomic mass is 10.1. The van der Waals surface area contributed by atoms with E-state index in [-0.39, 0.29) is 17.3 Å². The molecular formula is C17H14N2O5S. The van der Waals surface area contributed by atoms with Gasteiger partial charge in [0.2, 0.25) is 0 Å². The first kappa shape index (κ1) is 17.0. The van der Waals surface area contributed by atoms with Crippen LogP contribution in [0.3, 0.4) is 0 Å². The van der Waals surface area contributed by atoms with Crippen LogP contribution < -0.4 is 0 Å². The van der Waals surface area contributed by atoms with Crippen LogP contribution in [0, 0.1) is 10.1 Å². The number of amides is 1. The minimum Gasteiger partial charge on any atom is -0.480 e. The van der Waals surface area contributed by atoms with Crippen molar-refractivity contribution in [3.05, 3.63) is 75.8 Å². The monoisotopic (exact) mass is 358 g/mol. The second-order valence-electron chi connectivity index (χ2n) is 5.47. The molecule has 0 bridgehead atoms. The predicted molar refractivity (Wildman–Crippen MR) is 92.3 cm³/mol. The Kier molecular flexibility index (Phi) is 4.71. The minimum atomic E-state index is -1.07. The van der Waals surface area contributed by atoms with Crippen LogP contribution in [0.2, 0.25) is 0 Å². The lowest BCUT2D eigenvalue weighted by Crippen LogP contribution is -2.42. The van der Waals surface area contributed by atoms with E-state index in [1.807, 2.05) is 0 Å². The highest BCUT2D eigenvalue weighted by Gasteiger charge is 2.42. The fourth-order valence-electron chi connectivity index (χ4n) is 2.69. The van der Waals surface area contributed by atoms with Crippen LogP contribution in [0.5, 0.6) is 0 Å². The number of carbonyl (C=O) groups is 2. The quantitative estimate of drug-likeness (QED) is 0.666. The topological polar surface area (TPSA) is 101 Å². The summed E-state index contributed by atoms with van der Waals surface area (Å²) in [4.78, 5) is 36.1. The van der Waals surface area contributed by atoms with Crippen LogP contribution in [-0.4, -0.2) is 38.6 Å². The summed E-state index contributed by atoms with van der Waals surface area (Å²) in [5.74, 6) is -1.18. The Labute approximate surface area is 147 Å². The second-order valence-corrected chi connectivity index (χ2v) is 6.58. The smallest absolute Gasteiger partial charge is 0.327 e. The fraction of sp³-hybridized carbons (Fsp3) is 0.176. The Hall–Kier alpha value is -2.87. The molecule has 0 radical (unpaired) electrons. The zero-order valence-electron chi connectivity index (χ0n) is 12.9. The van der Waals surface area contributed by atoms with Gasteiger partial charge in [-0.25, -0.2) is 4.79 Å². The molecule has 0 aromatic heterocycles. The summed E-state index contributed by atoms with van der Waals surface area (Å²) in [6.07, 6.45) is 0. The third-order valence-corrected chi connectivity index (χ3v) is 5.25. The maximum atomic E-state index is 12.9. The van der Waals surface area contributed by atoms with E-state index in [2.05, 4.69) is 0 Å². The van der Waals surface area contributed by atoms with Crippen molar-refractivity contribution in [3.63, 3.8) is 0 Å². The van der Waals surface area contributed by atoms with Gasteiger partial charge in [-0.1, -0.05) is 18.2 Å². The lowest BCUT2D eigenvalue weighted by Gasteiger charge is -2.27. The highest BCUT2D eigenvalue weighted by molar-refractivity contribution is 7.99. The van der Waals surface area contributed by atoms with Crippen molar-refractivity contribution >= 4 is 29.3 Å². The number of aliphatic carboxylic acids is 1. The van der Waals surface area contributed by atoms with E-state index in [1.165, 1.54) is 28.8 Å². The van der Waals surface area contributed by atoms with Crippen molar-refractivity contribution in [2.24, 2.45) is 0 Å². The average Bonchev–Trinajstić information content (AvgIpc) is 3.07. The molecule has 1 aliphatic rings. The van der Waals surface area contributed by atoms with Gasteiger partial charge in [-0.2, -0.15) is 0 Å². The van der Waals surface area contributed by atoms with Gasteiger partial charge in [0, 0.05) is 23.4 Å². The number of benzene rings is 2. The molecule has 25 heavy (non-hydrogen) atoms. The van der Waals surface area contributed by atoms with Crippen molar-refractivity contribution in [3.8, 4) is 0 Å². The molecule has 2 aromatic carbocycles. The second kappa shape index (κ2) is 6.94. The molecule has 0 spiro atoms. The first-order chi connectivity index (χ1) is 12.0. The van der Waals surface area contributed by atoms with Crippen molar-refractivity contribution in [2.45, 2.75) is 11.4 Å². The van der Waals surface area contributed by atoms with Gasteiger partial charge in [-0.15, -0.1) is 11.8 Å². The molecular weight excluding hydrogens is 344 g/mol. The molecule has 1 heterocycles. The number of carboxylic acids is 1. The van der Waals surface area contributed by atoms with Gasteiger partial charge in [0.1, 0.15) is 11.4 Å². The fourth-order valence-corrected chi connectivity index (χ4v) is 4.11. The molecule has 7 nitrogen and oxygen atoms in total. The van der Waals surface area contributed by atoms with Crippen LogP contribution in [0.4, 0.5) is 5.69 Å². The van der Waals surface area contributed by atoms with Gasteiger partial charge in [0.15, 0.2) is 0 Å². The van der Waals surface area contributed by atoms with Gasteiger partial charge in [0.05, 0.1) is 4.92 Å². The van der Waals surface area contributed by atoms with Gasteiger partial charge < -0.3 is 10.0 Å². The number of rotatable bonds is 4. The van der Waals surface area contributed by atoms with Gasteiger partial charge in [-0.05, 0) is 29.8 Å². The average molecular weight is 358 g/mol. The molecule has 1 unspecified atom stereocenters. The number of non-ortho nitro benzene ring substituents is 1. The number of thioether (sulfide) groups is 1. The third-order valence-electron chi connectivity index (χ3n) is 3.93. The van der Waals surface area contributed by atoms with E-state index < -0.39 is 22.3 Å². The number of carboxylic acid groups (broad SMARTS) is 1. The molecule has 0 saturated carbocycles. The molecule has 1 saturated heterocycles.